The van der Waals surface area contributed by atoms with Gasteiger partial charge in [-0.05, 0) is 65.0 Å². The van der Waals surface area contributed by atoms with E-state index < -0.39 is 7.12 Å². The van der Waals surface area contributed by atoms with Gasteiger partial charge in [-0.15, -0.1) is 0 Å². The van der Waals surface area contributed by atoms with Crippen LogP contribution in [0.15, 0.2) is 127 Å². The van der Waals surface area contributed by atoms with Gasteiger partial charge < -0.3 is 14.9 Å². The van der Waals surface area contributed by atoms with Gasteiger partial charge in [-0.2, -0.15) is 0 Å². The van der Waals surface area contributed by atoms with Crippen LogP contribution in [0.25, 0.3) is 11.1 Å². The molecule has 0 aliphatic heterocycles. The second-order valence-electron chi connectivity index (χ2n) is 8.46. The minimum atomic E-state index is -1.48. The lowest BCUT2D eigenvalue weighted by atomic mass is 9.80. The van der Waals surface area contributed by atoms with Crippen LogP contribution >= 0.6 is 0 Å². The Hall–Kier alpha value is -3.86. The summed E-state index contributed by atoms with van der Waals surface area (Å²) in [6.07, 6.45) is 9.67. The van der Waals surface area contributed by atoms with Crippen molar-refractivity contribution in [3.63, 3.8) is 0 Å². The Morgan fingerprint density at radius 3 is 1.74 bits per heavy atom. The average Bonchev–Trinajstić information content (AvgIpc) is 2.91. The Labute approximate surface area is 201 Å². The molecule has 5 rings (SSSR count). The fourth-order valence-corrected chi connectivity index (χ4v) is 4.37. The molecule has 4 aromatic rings. The van der Waals surface area contributed by atoms with E-state index in [4.69, 9.17) is 0 Å². The van der Waals surface area contributed by atoms with Crippen LogP contribution in [0.4, 0.5) is 17.1 Å². The molecule has 1 aliphatic carbocycles. The molecule has 0 fully saturated rings. The summed E-state index contributed by atoms with van der Waals surface area (Å²) in [6, 6.07) is 34.9. The molecular formula is C30H26BNO2. The first-order chi connectivity index (χ1) is 16.7. The monoisotopic (exact) mass is 443 g/mol. The molecule has 34 heavy (non-hydrogen) atoms. The summed E-state index contributed by atoms with van der Waals surface area (Å²) < 4.78 is 0. The van der Waals surface area contributed by atoms with E-state index in [1.807, 2.05) is 30.3 Å². The van der Waals surface area contributed by atoms with Gasteiger partial charge in [0, 0.05) is 23.0 Å². The quantitative estimate of drug-likeness (QED) is 0.354. The second-order valence-corrected chi connectivity index (χ2v) is 8.46. The zero-order valence-corrected chi connectivity index (χ0v) is 18.8. The minimum Gasteiger partial charge on any atom is -0.423 e. The lowest BCUT2D eigenvalue weighted by Gasteiger charge is -2.26. The van der Waals surface area contributed by atoms with Gasteiger partial charge in [-0.3, -0.25) is 0 Å². The third kappa shape index (κ3) is 4.74. The summed E-state index contributed by atoms with van der Waals surface area (Å²) in [4.78, 5) is 2.18. The van der Waals surface area contributed by atoms with Crippen LogP contribution in [0.3, 0.4) is 0 Å². The Balaban J connectivity index is 1.51. The van der Waals surface area contributed by atoms with Gasteiger partial charge >= 0.3 is 7.12 Å². The van der Waals surface area contributed by atoms with Crippen molar-refractivity contribution in [2.24, 2.45) is 0 Å². The van der Waals surface area contributed by atoms with Crippen LogP contribution in [0.1, 0.15) is 17.9 Å². The summed E-state index contributed by atoms with van der Waals surface area (Å²) >= 11 is 0. The first-order valence-corrected chi connectivity index (χ1v) is 11.5. The van der Waals surface area contributed by atoms with Crippen LogP contribution in [0.2, 0.25) is 0 Å². The minimum absolute atomic E-state index is 0.406. The summed E-state index contributed by atoms with van der Waals surface area (Å²) in [7, 11) is -1.48. The molecule has 166 valence electrons. The van der Waals surface area contributed by atoms with Crippen molar-refractivity contribution in [3.8, 4) is 11.1 Å². The Morgan fingerprint density at radius 2 is 1.18 bits per heavy atom. The highest BCUT2D eigenvalue weighted by molar-refractivity contribution is 6.58. The molecule has 2 N–H and O–H groups in total. The zero-order chi connectivity index (χ0) is 23.3. The van der Waals surface area contributed by atoms with Gasteiger partial charge in [-0.1, -0.05) is 91.0 Å². The van der Waals surface area contributed by atoms with Crippen LogP contribution in [0, 0.1) is 0 Å². The maximum Gasteiger partial charge on any atom is 0.488 e. The predicted molar refractivity (Wildman–Crippen MR) is 142 cm³/mol. The Morgan fingerprint density at radius 1 is 0.618 bits per heavy atom. The lowest BCUT2D eigenvalue weighted by Crippen LogP contribution is -2.29. The fourth-order valence-electron chi connectivity index (χ4n) is 4.37. The second kappa shape index (κ2) is 9.96. The molecule has 4 aromatic carbocycles. The van der Waals surface area contributed by atoms with Crippen molar-refractivity contribution in [1.29, 1.82) is 0 Å². The van der Waals surface area contributed by atoms with E-state index in [0.29, 0.717) is 11.4 Å². The highest BCUT2D eigenvalue weighted by Gasteiger charge is 2.16. The molecule has 0 spiro atoms. The molecule has 1 atom stereocenters. The first kappa shape index (κ1) is 22.0. The number of allylic oxidation sites excluding steroid dienone is 4. The number of anilines is 3. The molecular weight excluding hydrogens is 417 g/mol. The molecule has 0 radical (unpaired) electrons. The summed E-state index contributed by atoms with van der Waals surface area (Å²) in [5.74, 6) is 0.406. The average molecular weight is 443 g/mol. The van der Waals surface area contributed by atoms with E-state index in [1.54, 1.807) is 12.1 Å². The van der Waals surface area contributed by atoms with Crippen molar-refractivity contribution in [3.05, 3.63) is 133 Å². The van der Waals surface area contributed by atoms with E-state index in [-0.39, 0.29) is 0 Å². The Kier molecular flexibility index (Phi) is 6.43. The number of rotatable bonds is 6. The number of hydrogen-bond acceptors (Lipinski definition) is 3. The molecule has 0 bridgehead atoms. The number of nitrogens with zero attached hydrogens (tertiary/aromatic N) is 1. The standard InChI is InChI=1S/C30H26BNO2/c33-31(34)27-15-21-30(22-16-27)32(28-17-11-25(12-18-28)23-7-3-1-4-8-23)29-19-13-26(14-20-29)24-9-5-2-6-10-24/h1-9,11-22,24,33-34H,10H2. The molecule has 1 unspecified atom stereocenters. The molecule has 0 heterocycles. The van der Waals surface area contributed by atoms with E-state index in [9.17, 15) is 10.0 Å². The first-order valence-electron chi connectivity index (χ1n) is 11.5. The maximum atomic E-state index is 9.51. The Bertz CT molecular complexity index is 1280. The van der Waals surface area contributed by atoms with Crippen molar-refractivity contribution < 1.29 is 10.0 Å². The molecule has 0 saturated heterocycles. The molecule has 0 aromatic heterocycles. The molecule has 0 amide bonds. The number of benzene rings is 4. The molecule has 4 heteroatoms. The fraction of sp³-hybridized carbons (Fsp3) is 0.0667. The van der Waals surface area contributed by atoms with Crippen LogP contribution in [0.5, 0.6) is 0 Å². The predicted octanol–water partition coefficient (Wildman–Crippen LogP) is 6.10. The summed E-state index contributed by atoms with van der Waals surface area (Å²) in [5, 5.41) is 19.0. The van der Waals surface area contributed by atoms with E-state index in [1.165, 1.54) is 11.1 Å². The molecule has 3 nitrogen and oxygen atoms in total. The molecule has 0 saturated carbocycles. The van der Waals surface area contributed by atoms with Crippen molar-refractivity contribution in [1.82, 2.24) is 0 Å². The third-order valence-corrected chi connectivity index (χ3v) is 6.24. The smallest absolute Gasteiger partial charge is 0.423 e. The lowest BCUT2D eigenvalue weighted by molar-refractivity contribution is 0.426. The largest absolute Gasteiger partial charge is 0.488 e. The van der Waals surface area contributed by atoms with Crippen molar-refractivity contribution >= 4 is 29.6 Å². The maximum absolute atomic E-state index is 9.51. The van der Waals surface area contributed by atoms with Crippen molar-refractivity contribution in [2.75, 3.05) is 4.90 Å². The van der Waals surface area contributed by atoms with Gasteiger partial charge in [0.1, 0.15) is 0 Å². The number of hydrogen-bond donors (Lipinski definition) is 2. The highest BCUT2D eigenvalue weighted by atomic mass is 16.4. The SMILES string of the molecule is OB(O)c1ccc(N(c2ccc(-c3ccccc3)cc2)c2ccc(C3C=CC=CC3)cc2)cc1. The van der Waals surface area contributed by atoms with Crippen LogP contribution in [-0.4, -0.2) is 17.2 Å². The van der Waals surface area contributed by atoms with E-state index in [0.717, 1.165) is 29.0 Å². The van der Waals surface area contributed by atoms with Gasteiger partial charge in [0.25, 0.3) is 0 Å². The third-order valence-electron chi connectivity index (χ3n) is 6.24. The van der Waals surface area contributed by atoms with Gasteiger partial charge in [-0.25, -0.2) is 0 Å². The topological polar surface area (TPSA) is 43.7 Å². The van der Waals surface area contributed by atoms with Crippen LogP contribution < -0.4 is 10.4 Å². The van der Waals surface area contributed by atoms with Gasteiger partial charge in [0.2, 0.25) is 0 Å². The van der Waals surface area contributed by atoms with E-state index in [2.05, 4.69) is 89.9 Å². The molecule has 1 aliphatic rings. The van der Waals surface area contributed by atoms with Gasteiger partial charge in [0.05, 0.1) is 0 Å². The normalized spacial score (nSPS) is 14.7. The van der Waals surface area contributed by atoms with Crippen LogP contribution in [-0.2, 0) is 0 Å². The van der Waals surface area contributed by atoms with Gasteiger partial charge in [0.15, 0.2) is 0 Å². The van der Waals surface area contributed by atoms with E-state index >= 15 is 0 Å². The summed E-state index contributed by atoms with van der Waals surface area (Å²) in [6.45, 7) is 0. The zero-order valence-electron chi connectivity index (χ0n) is 18.8. The highest BCUT2D eigenvalue weighted by Crippen LogP contribution is 2.36. The van der Waals surface area contributed by atoms with Crippen molar-refractivity contribution in [2.45, 2.75) is 12.3 Å². The summed E-state index contributed by atoms with van der Waals surface area (Å²) in [5.41, 5.74) is 7.13.